The minimum absolute atomic E-state index is 0.00430. The molecular formula is C28H50N2P2. The van der Waals surface area contributed by atoms with Gasteiger partial charge in [0.15, 0.2) is 0 Å². The second kappa shape index (κ2) is 12.1. The third kappa shape index (κ3) is 6.78. The molecule has 3 rings (SSSR count). The van der Waals surface area contributed by atoms with Gasteiger partial charge in [-0.25, -0.2) is 0 Å². The van der Waals surface area contributed by atoms with Gasteiger partial charge >= 0.3 is 0 Å². The van der Waals surface area contributed by atoms with Crippen LogP contribution in [0.15, 0.2) is 24.3 Å². The van der Waals surface area contributed by atoms with Crippen molar-refractivity contribution in [2.24, 2.45) is 0 Å². The van der Waals surface area contributed by atoms with E-state index in [1.54, 1.807) is 11.1 Å². The molecule has 0 radical (unpaired) electrons. The van der Waals surface area contributed by atoms with Gasteiger partial charge in [-0.05, 0) is 96.7 Å². The molecule has 2 fully saturated rings. The summed E-state index contributed by atoms with van der Waals surface area (Å²) in [6, 6.07) is 9.58. The van der Waals surface area contributed by atoms with Crippen molar-refractivity contribution in [3.8, 4) is 0 Å². The van der Waals surface area contributed by atoms with Crippen LogP contribution in [-0.2, 0) is 12.3 Å². The van der Waals surface area contributed by atoms with Crippen LogP contribution in [0.2, 0.25) is 0 Å². The first-order valence-corrected chi connectivity index (χ1v) is 16.5. The molecule has 2 aliphatic heterocycles. The molecule has 0 amide bonds. The lowest BCUT2D eigenvalue weighted by molar-refractivity contribution is 0.500. The predicted molar refractivity (Wildman–Crippen MR) is 148 cm³/mol. The molecule has 0 bridgehead atoms. The molecule has 2 nitrogen and oxygen atoms in total. The molecule has 2 N–H and O–H groups in total. The molecule has 0 saturated carbocycles. The summed E-state index contributed by atoms with van der Waals surface area (Å²) in [5.74, 6) is 0. The molecule has 2 saturated heterocycles. The smallest absolute Gasteiger partial charge is 0.00191 e. The summed E-state index contributed by atoms with van der Waals surface area (Å²) in [6.07, 6.45) is 10.8. The Morgan fingerprint density at radius 3 is 1.66 bits per heavy atom. The van der Waals surface area contributed by atoms with Crippen molar-refractivity contribution in [3.63, 3.8) is 0 Å². The molecule has 4 heteroatoms. The van der Waals surface area contributed by atoms with E-state index in [-0.39, 0.29) is 15.8 Å². The Balaban J connectivity index is 1.87. The average Bonchev–Trinajstić information content (AvgIpc) is 2.82. The summed E-state index contributed by atoms with van der Waals surface area (Å²) in [5, 5.41) is 8.33. The fourth-order valence-corrected chi connectivity index (χ4v) is 13.1. The quantitative estimate of drug-likeness (QED) is 0.341. The van der Waals surface area contributed by atoms with Gasteiger partial charge in [0, 0.05) is 13.1 Å². The van der Waals surface area contributed by atoms with Crippen molar-refractivity contribution in [3.05, 3.63) is 35.4 Å². The molecule has 2 unspecified atom stereocenters. The first kappa shape index (κ1) is 26.6. The van der Waals surface area contributed by atoms with Gasteiger partial charge in [0.1, 0.15) is 0 Å². The third-order valence-electron chi connectivity index (χ3n) is 8.47. The maximum absolute atomic E-state index is 3.74. The minimum Gasteiger partial charge on any atom is -0.316 e. The van der Waals surface area contributed by atoms with E-state index in [0.717, 1.165) is 11.3 Å². The predicted octanol–water partition coefficient (Wildman–Crippen LogP) is 7.53. The van der Waals surface area contributed by atoms with Crippen molar-refractivity contribution >= 4 is 15.8 Å². The summed E-state index contributed by atoms with van der Waals surface area (Å²) in [6.45, 7) is 19.9. The number of nitrogens with one attached hydrogen (secondary N) is 2. The normalized spacial score (nSPS) is 24.0. The monoisotopic (exact) mass is 476 g/mol. The van der Waals surface area contributed by atoms with Gasteiger partial charge in [-0.15, -0.1) is 0 Å². The lowest BCUT2D eigenvalue weighted by Gasteiger charge is -2.45. The van der Waals surface area contributed by atoms with Gasteiger partial charge in [0.2, 0.25) is 0 Å². The SMILES string of the molecule is CCC(C)(C)P(Cc1ccccc1CP(C1CCCNC1)C1CCCNC1)C(C)(C)CC. The van der Waals surface area contributed by atoms with Crippen LogP contribution < -0.4 is 10.6 Å². The standard InChI is InChI=1S/C28H50N2P2/c1-7-27(3,4)32(28(5,6)8-2)22-24-14-10-9-13-23(24)21-31(25-15-11-17-29-19-25)26-16-12-18-30-20-26/h9-10,13-14,25-26,29-30H,7-8,11-12,15-22H2,1-6H3. The summed E-state index contributed by atoms with van der Waals surface area (Å²) >= 11 is 0. The zero-order valence-corrected chi connectivity index (χ0v) is 23.6. The Morgan fingerprint density at radius 2 is 1.25 bits per heavy atom. The van der Waals surface area contributed by atoms with E-state index in [0.29, 0.717) is 10.3 Å². The first-order valence-electron chi connectivity index (χ1n) is 13.3. The molecule has 32 heavy (non-hydrogen) atoms. The van der Waals surface area contributed by atoms with Gasteiger partial charge in [-0.2, -0.15) is 0 Å². The molecule has 2 atom stereocenters. The van der Waals surface area contributed by atoms with Gasteiger partial charge < -0.3 is 10.6 Å². The van der Waals surface area contributed by atoms with Crippen molar-refractivity contribution in [2.45, 2.75) is 114 Å². The van der Waals surface area contributed by atoms with E-state index >= 15 is 0 Å². The molecule has 182 valence electrons. The number of hydrogen-bond donors (Lipinski definition) is 2. The maximum Gasteiger partial charge on any atom is 0.00191 e. The average molecular weight is 477 g/mol. The Kier molecular flexibility index (Phi) is 10.1. The highest BCUT2D eigenvalue weighted by Crippen LogP contribution is 2.64. The fourth-order valence-electron chi connectivity index (χ4n) is 5.65. The zero-order chi connectivity index (χ0) is 23.2. The highest BCUT2D eigenvalue weighted by molar-refractivity contribution is 7.60. The fraction of sp³-hybridized carbons (Fsp3) is 0.786. The van der Waals surface area contributed by atoms with Gasteiger partial charge in [-0.3, -0.25) is 0 Å². The Bertz CT molecular complexity index is 656. The Labute approximate surface area is 202 Å². The van der Waals surface area contributed by atoms with Crippen LogP contribution in [0.1, 0.15) is 91.2 Å². The van der Waals surface area contributed by atoms with Gasteiger partial charge in [0.05, 0.1) is 0 Å². The number of benzene rings is 1. The summed E-state index contributed by atoms with van der Waals surface area (Å²) in [4.78, 5) is 0. The van der Waals surface area contributed by atoms with Crippen LogP contribution in [0.5, 0.6) is 0 Å². The molecule has 0 aliphatic carbocycles. The Morgan fingerprint density at radius 1 is 0.781 bits per heavy atom. The molecule has 2 aliphatic rings. The van der Waals surface area contributed by atoms with Crippen LogP contribution in [0.4, 0.5) is 0 Å². The second-order valence-electron chi connectivity index (χ2n) is 11.4. The topological polar surface area (TPSA) is 24.1 Å². The van der Waals surface area contributed by atoms with E-state index < -0.39 is 0 Å². The van der Waals surface area contributed by atoms with Crippen molar-refractivity contribution < 1.29 is 0 Å². The first-order chi connectivity index (χ1) is 15.3. The summed E-state index contributed by atoms with van der Waals surface area (Å²) < 4.78 is 0. The molecule has 1 aromatic carbocycles. The van der Waals surface area contributed by atoms with Crippen LogP contribution in [-0.4, -0.2) is 47.8 Å². The zero-order valence-electron chi connectivity index (χ0n) is 21.8. The highest BCUT2D eigenvalue weighted by atomic mass is 31.1. The van der Waals surface area contributed by atoms with Gasteiger partial charge in [0.25, 0.3) is 0 Å². The van der Waals surface area contributed by atoms with Crippen molar-refractivity contribution in [1.29, 1.82) is 0 Å². The molecule has 1 aromatic rings. The van der Waals surface area contributed by atoms with Crippen LogP contribution >= 0.6 is 15.8 Å². The van der Waals surface area contributed by atoms with Crippen LogP contribution in [0.25, 0.3) is 0 Å². The third-order valence-corrected chi connectivity index (χ3v) is 16.1. The molecule has 0 aromatic heterocycles. The number of hydrogen-bond acceptors (Lipinski definition) is 2. The van der Waals surface area contributed by atoms with E-state index in [2.05, 4.69) is 76.4 Å². The molecule has 0 spiro atoms. The summed E-state index contributed by atoms with van der Waals surface area (Å²) in [5.41, 5.74) is 5.15. The van der Waals surface area contributed by atoms with E-state index in [4.69, 9.17) is 0 Å². The van der Waals surface area contributed by atoms with Crippen LogP contribution in [0, 0.1) is 0 Å². The largest absolute Gasteiger partial charge is 0.316 e. The number of rotatable bonds is 10. The molecular weight excluding hydrogens is 426 g/mol. The van der Waals surface area contributed by atoms with Crippen LogP contribution in [0.3, 0.4) is 0 Å². The van der Waals surface area contributed by atoms with Crippen molar-refractivity contribution in [1.82, 2.24) is 10.6 Å². The summed E-state index contributed by atoms with van der Waals surface area (Å²) in [7, 11) is -0.107. The lowest BCUT2D eigenvalue weighted by Crippen LogP contribution is -2.39. The molecule has 2 heterocycles. The van der Waals surface area contributed by atoms with E-state index in [1.807, 2.05) is 0 Å². The lowest BCUT2D eigenvalue weighted by atomic mass is 10.1. The van der Waals surface area contributed by atoms with Crippen molar-refractivity contribution in [2.75, 3.05) is 26.2 Å². The minimum atomic E-state index is -0.111. The van der Waals surface area contributed by atoms with E-state index in [1.165, 1.54) is 77.0 Å². The van der Waals surface area contributed by atoms with E-state index in [9.17, 15) is 0 Å². The second-order valence-corrected chi connectivity index (χ2v) is 17.8. The Hall–Kier alpha value is -0.0000000000000000416. The van der Waals surface area contributed by atoms with Gasteiger partial charge in [-0.1, -0.05) is 81.7 Å². The highest BCUT2D eigenvalue weighted by Gasteiger charge is 2.38. The number of piperidine rings is 2. The maximum atomic E-state index is 3.74.